The Bertz CT molecular complexity index is 1720. The molecule has 4 heterocycles. The van der Waals surface area contributed by atoms with Gasteiger partial charge in [-0.05, 0) is 35.7 Å². The number of aromatic hydroxyl groups is 1. The van der Waals surface area contributed by atoms with Crippen molar-refractivity contribution in [3.05, 3.63) is 35.6 Å². The van der Waals surface area contributed by atoms with Crippen molar-refractivity contribution >= 4 is 42.0 Å². The van der Waals surface area contributed by atoms with Crippen molar-refractivity contribution in [2.45, 2.75) is 24.9 Å². The van der Waals surface area contributed by atoms with Gasteiger partial charge in [-0.25, -0.2) is 9.37 Å². The van der Waals surface area contributed by atoms with Crippen LogP contribution in [-0.2, 0) is 0 Å². The van der Waals surface area contributed by atoms with E-state index in [1.54, 1.807) is 12.1 Å². The minimum atomic E-state index is -0.720. The van der Waals surface area contributed by atoms with Crippen molar-refractivity contribution in [2.75, 3.05) is 31.7 Å². The van der Waals surface area contributed by atoms with Gasteiger partial charge >= 0.3 is 6.01 Å². The van der Waals surface area contributed by atoms with Crippen LogP contribution in [-0.4, -0.2) is 58.9 Å². The minimum Gasteiger partial charge on any atom is -0.508 e. The summed E-state index contributed by atoms with van der Waals surface area (Å²) in [7, 11) is 4.03. The molecule has 2 aromatic carbocycles. The highest BCUT2D eigenvalue weighted by Gasteiger charge is 2.35. The van der Waals surface area contributed by atoms with E-state index in [1.165, 1.54) is 13.2 Å². The number of phenolic OH excluding ortho intramolecular Hbond substituents is 1. The van der Waals surface area contributed by atoms with E-state index in [0.717, 1.165) is 18.1 Å². The number of hydrogen-bond acceptors (Lipinski definition) is 8. The fraction of sp³-hybridized carbons (Fsp3) is 0.276. The summed E-state index contributed by atoms with van der Waals surface area (Å²) in [5.41, 5.74) is 0.721. The molecule has 10 heteroatoms. The number of piperazine rings is 1. The molecule has 3 atom stereocenters. The normalized spacial score (nSPS) is 18.2. The van der Waals surface area contributed by atoms with Crippen LogP contribution in [0.15, 0.2) is 24.3 Å². The predicted octanol–water partition coefficient (Wildman–Crippen LogP) is 3.13. The van der Waals surface area contributed by atoms with Crippen molar-refractivity contribution in [1.29, 1.82) is 0 Å². The number of nitrogens with one attached hydrogen (secondary N) is 1. The average molecular weight is 542 g/mol. The van der Waals surface area contributed by atoms with E-state index in [9.17, 15) is 5.11 Å². The van der Waals surface area contributed by atoms with E-state index in [2.05, 4.69) is 46.2 Å². The van der Waals surface area contributed by atoms with Gasteiger partial charge in [-0.1, -0.05) is 24.0 Å². The van der Waals surface area contributed by atoms with Crippen molar-refractivity contribution in [3.8, 4) is 53.6 Å². The second-order valence-electron chi connectivity index (χ2n) is 9.64. The van der Waals surface area contributed by atoms with E-state index in [-0.39, 0.29) is 35.5 Å². The number of benzene rings is 2. The van der Waals surface area contributed by atoms with E-state index >= 15 is 4.39 Å². The Morgan fingerprint density at radius 1 is 1.15 bits per heavy atom. The standard InChI is InChI=1S/C29H25FN5O3P/c1-4-10-38-28-23-26(33-29(37-3)34-27(23)35-13-16-7-8-17(14-35)31-16)24(30)25(32-28)20-12-18(36)11-15-6-9-21(39)19(5-2)22(15)20/h1-2,6,9,11-12,16-17,31,36H,7-8,10,13-14,39H2,3H3. The molecule has 39 heavy (non-hydrogen) atoms. The highest BCUT2D eigenvalue weighted by molar-refractivity contribution is 7.27. The smallest absolute Gasteiger partial charge is 0.318 e. The topological polar surface area (TPSA) is 92.6 Å². The number of pyridine rings is 1. The fourth-order valence-corrected chi connectivity index (χ4v) is 5.92. The molecule has 2 fully saturated rings. The molecule has 0 saturated carbocycles. The van der Waals surface area contributed by atoms with Gasteiger partial charge in [0.1, 0.15) is 28.2 Å². The molecule has 6 rings (SSSR count). The number of aromatic nitrogens is 3. The van der Waals surface area contributed by atoms with Crippen LogP contribution in [0.25, 0.3) is 32.9 Å². The first-order valence-corrected chi connectivity index (χ1v) is 13.0. The first-order chi connectivity index (χ1) is 18.9. The molecular formula is C29H25FN5O3P. The van der Waals surface area contributed by atoms with Crippen LogP contribution in [0.2, 0.25) is 0 Å². The van der Waals surface area contributed by atoms with Crippen LogP contribution >= 0.6 is 9.24 Å². The fourth-order valence-electron chi connectivity index (χ4n) is 5.59. The zero-order valence-corrected chi connectivity index (χ0v) is 22.3. The Morgan fingerprint density at radius 3 is 2.62 bits per heavy atom. The Morgan fingerprint density at radius 2 is 1.92 bits per heavy atom. The molecule has 0 aliphatic carbocycles. The van der Waals surface area contributed by atoms with Crippen LogP contribution in [0.1, 0.15) is 18.4 Å². The Hall–Kier alpha value is -4.17. The molecule has 3 unspecified atom stereocenters. The number of methoxy groups -OCH3 is 1. The number of nitrogens with zero attached hydrogens (tertiary/aromatic N) is 4. The van der Waals surface area contributed by atoms with Crippen molar-refractivity contribution < 1.29 is 19.0 Å². The summed E-state index contributed by atoms with van der Waals surface area (Å²) in [6.07, 6.45) is 13.5. The summed E-state index contributed by atoms with van der Waals surface area (Å²) in [6, 6.07) is 7.24. The molecule has 0 spiro atoms. The SMILES string of the molecule is C#CCOc1nc(-c2cc(O)cc3ccc(P)c(C#C)c23)c(F)c2nc(OC)nc(N3CC4CCC(C3)N4)c12. The van der Waals surface area contributed by atoms with E-state index in [0.29, 0.717) is 58.3 Å². The highest BCUT2D eigenvalue weighted by Crippen LogP contribution is 2.42. The van der Waals surface area contributed by atoms with E-state index in [4.69, 9.17) is 22.3 Å². The third kappa shape index (κ3) is 4.25. The monoisotopic (exact) mass is 541 g/mol. The van der Waals surface area contributed by atoms with Crippen LogP contribution < -0.4 is 25.0 Å². The maximum atomic E-state index is 16.6. The maximum absolute atomic E-state index is 16.6. The molecule has 196 valence electrons. The molecule has 0 radical (unpaired) electrons. The molecule has 2 aromatic heterocycles. The minimum absolute atomic E-state index is 0.0136. The van der Waals surface area contributed by atoms with Gasteiger partial charge in [0.15, 0.2) is 12.4 Å². The van der Waals surface area contributed by atoms with Gasteiger partial charge in [0, 0.05) is 41.7 Å². The summed E-state index contributed by atoms with van der Waals surface area (Å²) < 4.78 is 27.9. The molecule has 8 nitrogen and oxygen atoms in total. The molecule has 0 amide bonds. The molecule has 2 aliphatic heterocycles. The zero-order chi connectivity index (χ0) is 27.3. The maximum Gasteiger partial charge on any atom is 0.318 e. The van der Waals surface area contributed by atoms with Gasteiger partial charge in [0.2, 0.25) is 5.88 Å². The van der Waals surface area contributed by atoms with Gasteiger partial charge in [-0.3, -0.25) is 0 Å². The van der Waals surface area contributed by atoms with E-state index in [1.807, 2.05) is 6.07 Å². The van der Waals surface area contributed by atoms with Crippen LogP contribution in [0.4, 0.5) is 10.2 Å². The second-order valence-corrected chi connectivity index (χ2v) is 10.3. The Balaban J connectivity index is 1.67. The summed E-state index contributed by atoms with van der Waals surface area (Å²) in [5.74, 6) is 4.91. The highest BCUT2D eigenvalue weighted by atomic mass is 31.0. The van der Waals surface area contributed by atoms with Gasteiger partial charge in [-0.15, -0.1) is 22.1 Å². The number of anilines is 1. The first-order valence-electron chi connectivity index (χ1n) is 12.5. The lowest BCUT2D eigenvalue weighted by Crippen LogP contribution is -2.51. The molecule has 4 aromatic rings. The molecule has 2 saturated heterocycles. The van der Waals surface area contributed by atoms with Gasteiger partial charge in [0.05, 0.1) is 7.11 Å². The molecule has 2 bridgehead atoms. The van der Waals surface area contributed by atoms with Crippen LogP contribution in [0.5, 0.6) is 17.6 Å². The van der Waals surface area contributed by atoms with Crippen LogP contribution in [0.3, 0.4) is 0 Å². The third-order valence-corrected chi connectivity index (χ3v) is 7.72. The summed E-state index contributed by atoms with van der Waals surface area (Å²) in [4.78, 5) is 15.7. The number of phenols is 1. The van der Waals surface area contributed by atoms with Crippen molar-refractivity contribution in [3.63, 3.8) is 0 Å². The Labute approximate surface area is 227 Å². The largest absolute Gasteiger partial charge is 0.508 e. The summed E-state index contributed by atoms with van der Waals surface area (Å²) >= 11 is 0. The number of fused-ring (bicyclic) bond motifs is 4. The average Bonchev–Trinajstić information content (AvgIpc) is 3.28. The number of hydrogen-bond donors (Lipinski definition) is 2. The van der Waals surface area contributed by atoms with E-state index < -0.39 is 5.82 Å². The van der Waals surface area contributed by atoms with Crippen molar-refractivity contribution in [2.24, 2.45) is 0 Å². The first kappa shape index (κ1) is 25.1. The number of ether oxygens (including phenoxy) is 2. The summed E-state index contributed by atoms with van der Waals surface area (Å²) in [6.45, 7) is 1.27. The number of halogens is 1. The molecule has 2 aliphatic rings. The van der Waals surface area contributed by atoms with Gasteiger partial charge in [-0.2, -0.15) is 9.97 Å². The summed E-state index contributed by atoms with van der Waals surface area (Å²) in [5, 5.41) is 16.4. The second kappa shape index (κ2) is 9.85. The Kier molecular flexibility index (Phi) is 6.35. The predicted molar refractivity (Wildman–Crippen MR) is 152 cm³/mol. The lowest BCUT2D eigenvalue weighted by molar-refractivity contribution is 0.358. The van der Waals surface area contributed by atoms with Gasteiger partial charge < -0.3 is 24.8 Å². The van der Waals surface area contributed by atoms with Crippen LogP contribution in [0, 0.1) is 30.5 Å². The number of rotatable bonds is 5. The lowest BCUT2D eigenvalue weighted by atomic mass is 9.96. The van der Waals surface area contributed by atoms with Crippen molar-refractivity contribution in [1.82, 2.24) is 20.3 Å². The van der Waals surface area contributed by atoms with Gasteiger partial charge in [0.25, 0.3) is 0 Å². The number of terminal acetylenes is 2. The molecule has 2 N–H and O–H groups in total. The third-order valence-electron chi connectivity index (χ3n) is 7.24. The quantitative estimate of drug-likeness (QED) is 0.294. The lowest BCUT2D eigenvalue weighted by Gasteiger charge is -2.34. The zero-order valence-electron chi connectivity index (χ0n) is 21.2. The molecular weight excluding hydrogens is 516 g/mol.